The summed E-state index contributed by atoms with van der Waals surface area (Å²) in [6.45, 7) is 4.29. The van der Waals surface area contributed by atoms with Crippen LogP contribution in [0.15, 0.2) is 57.8 Å². The number of anilines is 1. The smallest absolute Gasteiger partial charge is 0.410 e. The first-order valence-electron chi connectivity index (χ1n) is 13.6. The highest BCUT2D eigenvalue weighted by atomic mass is 32.2. The fourth-order valence-corrected chi connectivity index (χ4v) is 5.65. The number of hydrogen-bond acceptors (Lipinski definition) is 9. The van der Waals surface area contributed by atoms with E-state index in [2.05, 4.69) is 20.8 Å². The summed E-state index contributed by atoms with van der Waals surface area (Å²) in [4.78, 5) is 39.4. The van der Waals surface area contributed by atoms with Gasteiger partial charge in [-0.05, 0) is 44.5 Å². The quantitative estimate of drug-likeness (QED) is 0.385. The minimum absolute atomic E-state index is 0.0368. The number of ether oxygens (including phenoxy) is 2. The largest absolute Gasteiger partial charge is 0.445 e. The van der Waals surface area contributed by atoms with Gasteiger partial charge in [0.25, 0.3) is 5.92 Å². The topological polar surface area (TPSA) is 136 Å². The van der Waals surface area contributed by atoms with Crippen LogP contribution in [0.5, 0.6) is 0 Å². The van der Waals surface area contributed by atoms with Crippen LogP contribution in [-0.4, -0.2) is 69.6 Å². The molecule has 228 valence electrons. The first-order valence-corrected chi connectivity index (χ1v) is 14.6. The van der Waals surface area contributed by atoms with Crippen LogP contribution in [0, 0.1) is 0 Å². The number of amides is 3. The van der Waals surface area contributed by atoms with Crippen LogP contribution < -0.4 is 10.6 Å². The molecule has 2 aliphatic heterocycles. The number of carbonyl (C=O) groups is 3. The molecule has 5 rings (SSSR count). The lowest BCUT2D eigenvalue weighted by Gasteiger charge is -2.35. The average molecular weight is 616 g/mol. The molecular weight excluding hydrogens is 584 g/mol. The van der Waals surface area contributed by atoms with Crippen molar-refractivity contribution in [1.29, 1.82) is 0 Å². The normalized spacial score (nSPS) is 19.9. The minimum atomic E-state index is -3.18. The number of benzene rings is 2. The monoisotopic (exact) mass is 615 g/mol. The summed E-state index contributed by atoms with van der Waals surface area (Å²) < 4.78 is 45.7. The second-order valence-corrected chi connectivity index (χ2v) is 12.4. The van der Waals surface area contributed by atoms with Crippen LogP contribution in [0.1, 0.15) is 44.6 Å². The summed E-state index contributed by atoms with van der Waals surface area (Å²) in [5.74, 6) is -4.21. The lowest BCUT2D eigenvalue weighted by Crippen LogP contribution is -2.49. The first-order chi connectivity index (χ1) is 20.3. The Hall–Kier alpha value is -4.20. The van der Waals surface area contributed by atoms with Crippen molar-refractivity contribution in [2.75, 3.05) is 24.2 Å². The van der Waals surface area contributed by atoms with E-state index in [0.29, 0.717) is 11.3 Å². The molecule has 1 unspecified atom stereocenters. The van der Waals surface area contributed by atoms with Crippen LogP contribution in [-0.2, 0) is 20.9 Å². The molecule has 0 radical (unpaired) electrons. The van der Waals surface area contributed by atoms with Gasteiger partial charge in [0.2, 0.25) is 17.7 Å². The number of carbonyl (C=O) groups excluding carboxylic acids is 3. The number of alkyl carbamates (subject to hydrolysis) is 1. The van der Waals surface area contributed by atoms with Gasteiger partial charge < -0.3 is 29.4 Å². The Morgan fingerprint density at radius 3 is 2.70 bits per heavy atom. The number of nitrogens with zero attached hydrogens (tertiary/aromatic N) is 3. The van der Waals surface area contributed by atoms with E-state index in [1.807, 2.05) is 6.07 Å². The molecule has 14 heteroatoms. The number of nitrogens with one attached hydrogen (secondary N) is 2. The molecule has 1 saturated heterocycles. The van der Waals surface area contributed by atoms with E-state index in [1.165, 1.54) is 11.8 Å². The van der Waals surface area contributed by atoms with E-state index in [-0.39, 0.29) is 30.7 Å². The summed E-state index contributed by atoms with van der Waals surface area (Å²) >= 11 is 1.37. The fourth-order valence-electron chi connectivity index (χ4n) is 4.64. The molecule has 1 aromatic heterocycles. The zero-order valence-electron chi connectivity index (χ0n) is 23.8. The molecule has 3 aromatic rings. The number of hydrogen-bond donors (Lipinski definition) is 2. The van der Waals surface area contributed by atoms with Gasteiger partial charge in [0.1, 0.15) is 18.2 Å². The van der Waals surface area contributed by atoms with Crippen molar-refractivity contribution in [2.24, 2.45) is 0 Å². The molecule has 2 N–H and O–H groups in total. The zero-order valence-corrected chi connectivity index (χ0v) is 24.6. The van der Waals surface area contributed by atoms with E-state index >= 15 is 0 Å². The predicted octanol–water partition coefficient (Wildman–Crippen LogP) is 5.44. The highest BCUT2D eigenvalue weighted by Gasteiger charge is 2.45. The minimum Gasteiger partial charge on any atom is -0.445 e. The Bertz CT molecular complexity index is 1500. The first kappa shape index (κ1) is 30.3. The maximum Gasteiger partial charge on any atom is 0.410 e. The SMILES string of the molecule is CC(C)(C)OC(=O)N[C@H]1CSc2ccc(-c3nnc(C4CN(C(=O)OCc5ccccc5)CC(F)(F)C4)o3)cc2NC1=O. The molecule has 3 heterocycles. The van der Waals surface area contributed by atoms with Crippen molar-refractivity contribution in [2.45, 2.75) is 62.2 Å². The molecule has 0 aliphatic carbocycles. The molecule has 0 spiro atoms. The van der Waals surface area contributed by atoms with Crippen LogP contribution in [0.3, 0.4) is 0 Å². The lowest BCUT2D eigenvalue weighted by atomic mass is 9.95. The number of aromatic nitrogens is 2. The van der Waals surface area contributed by atoms with E-state index in [0.717, 1.165) is 15.4 Å². The van der Waals surface area contributed by atoms with Gasteiger partial charge in [0.05, 0.1) is 18.2 Å². The Labute approximate surface area is 250 Å². The molecule has 3 amide bonds. The molecule has 0 bridgehead atoms. The fraction of sp³-hybridized carbons (Fsp3) is 0.414. The van der Waals surface area contributed by atoms with Crippen LogP contribution in [0.2, 0.25) is 0 Å². The second-order valence-electron chi connectivity index (χ2n) is 11.3. The van der Waals surface area contributed by atoms with E-state index in [4.69, 9.17) is 13.9 Å². The summed E-state index contributed by atoms with van der Waals surface area (Å²) in [7, 11) is 0. The van der Waals surface area contributed by atoms with Crippen molar-refractivity contribution in [3.05, 3.63) is 60.0 Å². The Morgan fingerprint density at radius 1 is 1.19 bits per heavy atom. The maximum atomic E-state index is 14.7. The third-order valence-electron chi connectivity index (χ3n) is 6.56. The highest BCUT2D eigenvalue weighted by Crippen LogP contribution is 2.38. The van der Waals surface area contributed by atoms with Crippen molar-refractivity contribution in [3.8, 4) is 11.5 Å². The molecule has 43 heavy (non-hydrogen) atoms. The number of fused-ring (bicyclic) bond motifs is 1. The third-order valence-corrected chi connectivity index (χ3v) is 7.73. The third kappa shape index (κ3) is 7.80. The van der Waals surface area contributed by atoms with Gasteiger partial charge in [-0.3, -0.25) is 4.79 Å². The number of likely N-dealkylation sites (tertiary alicyclic amines) is 1. The summed E-state index contributed by atoms with van der Waals surface area (Å²) in [6, 6.07) is 13.2. The van der Waals surface area contributed by atoms with E-state index < -0.39 is 54.5 Å². The van der Waals surface area contributed by atoms with Gasteiger partial charge >= 0.3 is 12.2 Å². The Kier molecular flexibility index (Phi) is 8.58. The van der Waals surface area contributed by atoms with Crippen LogP contribution >= 0.6 is 11.8 Å². The molecule has 2 aliphatic rings. The number of halogens is 2. The molecule has 0 saturated carbocycles. The average Bonchev–Trinajstić information content (AvgIpc) is 3.38. The summed E-state index contributed by atoms with van der Waals surface area (Å²) in [5, 5.41) is 13.4. The second kappa shape index (κ2) is 12.2. The standard InChI is InChI=1S/C29H31F2N5O6S/c1-28(2,3)42-26(38)33-21-15-43-22-10-9-18(11-20(22)32-23(21)37)24-34-35-25(41-24)19-12-29(30,31)16-36(13-19)27(39)40-14-17-7-5-4-6-8-17/h4-11,19,21H,12-16H2,1-3H3,(H,32,37)(H,33,38)/t19?,21-/m0/s1. The summed E-state index contributed by atoms with van der Waals surface area (Å²) in [6.07, 6.45) is -2.12. The molecule has 11 nitrogen and oxygen atoms in total. The number of alkyl halides is 2. The maximum absolute atomic E-state index is 14.7. The number of thioether (sulfide) groups is 1. The van der Waals surface area contributed by atoms with Gasteiger partial charge in [-0.15, -0.1) is 22.0 Å². The molecule has 2 atom stereocenters. The van der Waals surface area contributed by atoms with Gasteiger partial charge in [-0.1, -0.05) is 30.3 Å². The van der Waals surface area contributed by atoms with Gasteiger partial charge in [0, 0.05) is 29.2 Å². The van der Waals surface area contributed by atoms with Crippen molar-refractivity contribution < 1.29 is 37.1 Å². The van der Waals surface area contributed by atoms with Crippen LogP contribution in [0.25, 0.3) is 11.5 Å². The molecule has 1 fully saturated rings. The zero-order chi connectivity index (χ0) is 30.8. The Balaban J connectivity index is 1.26. The van der Waals surface area contributed by atoms with Crippen LogP contribution in [0.4, 0.5) is 24.1 Å². The predicted molar refractivity (Wildman–Crippen MR) is 153 cm³/mol. The Morgan fingerprint density at radius 2 is 1.95 bits per heavy atom. The number of piperidine rings is 1. The van der Waals surface area contributed by atoms with E-state index in [1.54, 1.807) is 63.2 Å². The van der Waals surface area contributed by atoms with Crippen molar-refractivity contribution in [1.82, 2.24) is 20.4 Å². The lowest BCUT2D eigenvalue weighted by molar-refractivity contribution is -0.117. The highest BCUT2D eigenvalue weighted by molar-refractivity contribution is 7.99. The summed E-state index contributed by atoms with van der Waals surface area (Å²) in [5.41, 5.74) is 0.954. The van der Waals surface area contributed by atoms with Crippen molar-refractivity contribution >= 4 is 35.5 Å². The van der Waals surface area contributed by atoms with Gasteiger partial charge in [-0.2, -0.15) is 0 Å². The van der Waals surface area contributed by atoms with E-state index in [9.17, 15) is 23.2 Å². The molecule has 2 aromatic carbocycles. The number of rotatable bonds is 5. The van der Waals surface area contributed by atoms with Gasteiger partial charge in [0.15, 0.2) is 0 Å². The van der Waals surface area contributed by atoms with Gasteiger partial charge in [-0.25, -0.2) is 18.4 Å². The van der Waals surface area contributed by atoms with Crippen molar-refractivity contribution in [3.63, 3.8) is 0 Å². The molecular formula is C29H31F2N5O6S.